The van der Waals surface area contributed by atoms with Gasteiger partial charge in [-0.15, -0.1) is 10.2 Å². The van der Waals surface area contributed by atoms with Gasteiger partial charge < -0.3 is 0 Å². The average molecular weight is 284 g/mol. The summed E-state index contributed by atoms with van der Waals surface area (Å²) in [6, 6.07) is 0. The number of hydrogen-bond acceptors (Lipinski definition) is 7. The minimum absolute atomic E-state index is 0.152. The highest BCUT2D eigenvalue weighted by molar-refractivity contribution is 7.99. The van der Waals surface area contributed by atoms with E-state index in [1.165, 1.54) is 27.2 Å². The van der Waals surface area contributed by atoms with Crippen LogP contribution in [0.25, 0.3) is 0 Å². The van der Waals surface area contributed by atoms with Crippen LogP contribution in [0.5, 0.6) is 0 Å². The molecule has 0 unspecified atom stereocenters. The fourth-order valence-corrected chi connectivity index (χ4v) is 2.13. The zero-order chi connectivity index (χ0) is 13.8. The average Bonchev–Trinajstić information content (AvgIpc) is 3.00. The molecule has 0 saturated carbocycles. The maximum atomic E-state index is 11.2. The van der Waals surface area contributed by atoms with Crippen LogP contribution in [0.15, 0.2) is 16.1 Å². The molecule has 10 nitrogen and oxygen atoms in total. The SMILES string of the molecule is Cn1c(SCCn2cc(C(=O)NN)nn2)n[nH]c1=O. The Labute approximate surface area is 111 Å². The third-order valence-corrected chi connectivity index (χ3v) is 3.30. The van der Waals surface area contributed by atoms with Crippen LogP contribution in [-0.2, 0) is 13.6 Å². The zero-order valence-corrected chi connectivity index (χ0v) is 10.8. The zero-order valence-electron chi connectivity index (χ0n) is 10.0. The Balaban J connectivity index is 1.89. The number of H-pyrrole nitrogens is 1. The van der Waals surface area contributed by atoms with Crippen molar-refractivity contribution in [3.63, 3.8) is 0 Å². The van der Waals surface area contributed by atoms with Gasteiger partial charge in [-0.25, -0.2) is 15.7 Å². The van der Waals surface area contributed by atoms with Crippen LogP contribution < -0.4 is 17.0 Å². The molecule has 0 radical (unpaired) electrons. The number of aromatic nitrogens is 6. The van der Waals surface area contributed by atoms with Gasteiger partial charge in [0.2, 0.25) is 0 Å². The van der Waals surface area contributed by atoms with E-state index in [1.807, 2.05) is 5.43 Å². The number of nitrogen functional groups attached to an aromatic ring is 1. The molecular formula is C8H12N8O2S. The lowest BCUT2D eigenvalue weighted by Gasteiger charge is -1.99. The van der Waals surface area contributed by atoms with E-state index in [0.29, 0.717) is 17.5 Å². The molecular weight excluding hydrogens is 272 g/mol. The van der Waals surface area contributed by atoms with Crippen molar-refractivity contribution < 1.29 is 4.79 Å². The van der Waals surface area contributed by atoms with Crippen LogP contribution in [0.3, 0.4) is 0 Å². The van der Waals surface area contributed by atoms with Crippen LogP contribution in [0.2, 0.25) is 0 Å². The van der Waals surface area contributed by atoms with Crippen LogP contribution >= 0.6 is 11.8 Å². The number of hydrazine groups is 1. The number of hydrogen-bond donors (Lipinski definition) is 3. The Morgan fingerprint density at radius 2 is 2.42 bits per heavy atom. The largest absolute Gasteiger partial charge is 0.343 e. The van der Waals surface area contributed by atoms with Crippen molar-refractivity contribution in [1.82, 2.24) is 35.2 Å². The molecule has 1 amide bonds. The summed E-state index contributed by atoms with van der Waals surface area (Å²) in [5.41, 5.74) is 1.87. The second-order valence-electron chi connectivity index (χ2n) is 3.56. The summed E-state index contributed by atoms with van der Waals surface area (Å²) in [5, 5.41) is 14.2. The van der Waals surface area contributed by atoms with E-state index in [0.717, 1.165) is 0 Å². The summed E-state index contributed by atoms with van der Waals surface area (Å²) >= 11 is 1.39. The van der Waals surface area contributed by atoms with E-state index < -0.39 is 5.91 Å². The second kappa shape index (κ2) is 5.67. The first-order chi connectivity index (χ1) is 9.11. The first kappa shape index (κ1) is 13.3. The fraction of sp³-hybridized carbons (Fsp3) is 0.375. The summed E-state index contributed by atoms with van der Waals surface area (Å²) in [7, 11) is 1.63. The molecule has 0 aliphatic rings. The van der Waals surface area contributed by atoms with Crippen LogP contribution in [0.4, 0.5) is 0 Å². The van der Waals surface area contributed by atoms with E-state index in [2.05, 4.69) is 20.5 Å². The van der Waals surface area contributed by atoms with E-state index in [1.54, 1.807) is 7.05 Å². The molecule has 0 aliphatic heterocycles. The Kier molecular flexibility index (Phi) is 3.97. The monoisotopic (exact) mass is 284 g/mol. The van der Waals surface area contributed by atoms with Gasteiger partial charge in [-0.1, -0.05) is 17.0 Å². The molecule has 19 heavy (non-hydrogen) atoms. The smallest absolute Gasteiger partial charge is 0.289 e. The minimum atomic E-state index is -0.492. The molecule has 102 valence electrons. The van der Waals surface area contributed by atoms with Crippen LogP contribution in [0.1, 0.15) is 10.5 Å². The summed E-state index contributed by atoms with van der Waals surface area (Å²) in [6.07, 6.45) is 1.49. The van der Waals surface area contributed by atoms with Crippen LogP contribution in [0, 0.1) is 0 Å². The number of nitrogens with zero attached hydrogens (tertiary/aromatic N) is 5. The Morgan fingerprint density at radius 1 is 1.63 bits per heavy atom. The van der Waals surface area contributed by atoms with Crippen molar-refractivity contribution in [2.75, 3.05) is 5.75 Å². The number of carbonyl (C=O) groups is 1. The molecule has 0 aromatic carbocycles. The molecule has 0 atom stereocenters. The van der Waals surface area contributed by atoms with Gasteiger partial charge in [0, 0.05) is 12.8 Å². The number of carbonyl (C=O) groups excluding carboxylic acids is 1. The molecule has 0 fully saturated rings. The van der Waals surface area contributed by atoms with Gasteiger partial charge >= 0.3 is 5.69 Å². The van der Waals surface area contributed by atoms with Crippen molar-refractivity contribution in [3.8, 4) is 0 Å². The van der Waals surface area contributed by atoms with E-state index in [-0.39, 0.29) is 11.4 Å². The van der Waals surface area contributed by atoms with E-state index in [9.17, 15) is 9.59 Å². The number of aromatic amines is 1. The Bertz CT molecular complexity index is 629. The molecule has 2 rings (SSSR count). The lowest BCUT2D eigenvalue weighted by atomic mass is 10.5. The van der Waals surface area contributed by atoms with E-state index in [4.69, 9.17) is 5.84 Å². The number of nitrogens with two attached hydrogens (primary N) is 1. The molecule has 2 heterocycles. The third kappa shape index (κ3) is 3.00. The summed E-state index contributed by atoms with van der Waals surface area (Å²) in [4.78, 5) is 22.3. The molecule has 2 aromatic heterocycles. The normalized spacial score (nSPS) is 10.6. The number of nitrogens with one attached hydrogen (secondary N) is 2. The molecule has 4 N–H and O–H groups in total. The first-order valence-electron chi connectivity index (χ1n) is 5.27. The van der Waals surface area contributed by atoms with Crippen molar-refractivity contribution in [1.29, 1.82) is 0 Å². The van der Waals surface area contributed by atoms with Gasteiger partial charge in [0.25, 0.3) is 5.91 Å². The number of rotatable bonds is 5. The molecule has 0 bridgehead atoms. The number of amides is 1. The van der Waals surface area contributed by atoms with Gasteiger partial charge in [0.05, 0.1) is 12.7 Å². The summed E-state index contributed by atoms with van der Waals surface area (Å²) in [6.45, 7) is 0.524. The molecule has 0 spiro atoms. The van der Waals surface area contributed by atoms with Gasteiger partial charge in [-0.3, -0.25) is 19.5 Å². The standard InChI is InChI=1S/C8H12N8O2S/c1-15-7(18)12-13-8(15)19-3-2-16-4-5(11-14-16)6(17)10-9/h4H,2-3,9H2,1H3,(H,10,17)(H,12,18). The highest BCUT2D eigenvalue weighted by Gasteiger charge is 2.09. The van der Waals surface area contributed by atoms with Gasteiger partial charge in [0.1, 0.15) is 0 Å². The van der Waals surface area contributed by atoms with Gasteiger partial charge in [0.15, 0.2) is 10.9 Å². The highest BCUT2D eigenvalue weighted by atomic mass is 32.2. The summed E-state index contributed by atoms with van der Waals surface area (Å²) < 4.78 is 2.93. The van der Waals surface area contributed by atoms with Gasteiger partial charge in [-0.05, 0) is 0 Å². The maximum Gasteiger partial charge on any atom is 0.343 e. The predicted octanol–water partition coefficient (Wildman–Crippen LogP) is -1.90. The van der Waals surface area contributed by atoms with Crippen molar-refractivity contribution >= 4 is 17.7 Å². The highest BCUT2D eigenvalue weighted by Crippen LogP contribution is 2.11. The second-order valence-corrected chi connectivity index (χ2v) is 4.62. The molecule has 11 heteroatoms. The quantitative estimate of drug-likeness (QED) is 0.252. The number of thioether (sulfide) groups is 1. The fourth-order valence-electron chi connectivity index (χ4n) is 1.28. The molecule has 2 aromatic rings. The van der Waals surface area contributed by atoms with Crippen molar-refractivity contribution in [3.05, 3.63) is 22.4 Å². The lowest BCUT2D eigenvalue weighted by Crippen LogP contribution is -2.30. The maximum absolute atomic E-state index is 11.2. The Hall–Kier alpha value is -2.14. The predicted molar refractivity (Wildman–Crippen MR) is 66.2 cm³/mol. The van der Waals surface area contributed by atoms with Crippen LogP contribution in [-0.4, -0.2) is 41.4 Å². The lowest BCUT2D eigenvalue weighted by molar-refractivity contribution is 0.0948. The molecule has 0 saturated heterocycles. The third-order valence-electron chi connectivity index (χ3n) is 2.29. The van der Waals surface area contributed by atoms with Gasteiger partial charge in [-0.2, -0.15) is 0 Å². The first-order valence-corrected chi connectivity index (χ1v) is 6.25. The number of aryl methyl sites for hydroxylation is 1. The van der Waals surface area contributed by atoms with E-state index >= 15 is 0 Å². The van der Waals surface area contributed by atoms with Crippen molar-refractivity contribution in [2.45, 2.75) is 11.7 Å². The topological polar surface area (TPSA) is 137 Å². The minimum Gasteiger partial charge on any atom is -0.289 e. The Morgan fingerprint density at radius 3 is 3.05 bits per heavy atom. The molecule has 0 aliphatic carbocycles. The summed E-state index contributed by atoms with van der Waals surface area (Å²) in [5.74, 6) is 5.12. The van der Waals surface area contributed by atoms with Crippen molar-refractivity contribution in [2.24, 2.45) is 12.9 Å².